The molecule has 1 aromatic heterocycles. The Kier molecular flexibility index (Phi) is 3.53. The Bertz CT molecular complexity index is 472. The first-order valence-electron chi connectivity index (χ1n) is 4.56. The molecule has 1 N–H and O–H groups in total. The van der Waals surface area contributed by atoms with Gasteiger partial charge in [-0.2, -0.15) is 0 Å². The monoisotopic (exact) mass is 298 g/mol. The lowest BCUT2D eigenvalue weighted by molar-refractivity contribution is 0.219. The van der Waals surface area contributed by atoms with Gasteiger partial charge in [-0.15, -0.1) is 0 Å². The van der Waals surface area contributed by atoms with Crippen LogP contribution in [0.3, 0.4) is 0 Å². The molecule has 0 radical (unpaired) electrons. The van der Waals surface area contributed by atoms with Crippen molar-refractivity contribution in [3.05, 3.63) is 57.5 Å². The summed E-state index contributed by atoms with van der Waals surface area (Å²) in [6.45, 7) is 0. The molecule has 1 unspecified atom stereocenters. The second kappa shape index (κ2) is 4.91. The van der Waals surface area contributed by atoms with Gasteiger partial charge in [-0.25, -0.2) is 9.97 Å². The lowest BCUT2D eigenvalue weighted by Gasteiger charge is -2.11. The average molecular weight is 300 g/mol. The van der Waals surface area contributed by atoms with Gasteiger partial charge < -0.3 is 5.11 Å². The summed E-state index contributed by atoms with van der Waals surface area (Å²) >= 11 is 9.24. The Morgan fingerprint density at radius 2 is 1.81 bits per heavy atom. The number of aromatic nitrogens is 2. The molecule has 0 saturated carbocycles. The quantitative estimate of drug-likeness (QED) is 0.927. The predicted octanol–water partition coefficient (Wildman–Crippen LogP) is 2.97. The third-order valence-electron chi connectivity index (χ3n) is 2.10. The minimum Gasteiger partial charge on any atom is -0.384 e. The summed E-state index contributed by atoms with van der Waals surface area (Å²) in [4.78, 5) is 7.72. The highest BCUT2D eigenvalue weighted by Crippen LogP contribution is 2.27. The van der Waals surface area contributed by atoms with E-state index in [-0.39, 0.29) is 0 Å². The Morgan fingerprint density at radius 3 is 2.44 bits per heavy atom. The van der Waals surface area contributed by atoms with Gasteiger partial charge >= 0.3 is 0 Å². The maximum Gasteiger partial charge on any atom is 0.115 e. The van der Waals surface area contributed by atoms with E-state index in [2.05, 4.69) is 25.9 Å². The molecule has 82 valence electrons. The molecule has 1 heterocycles. The van der Waals surface area contributed by atoms with Gasteiger partial charge in [0.1, 0.15) is 12.4 Å². The van der Waals surface area contributed by atoms with Crippen LogP contribution < -0.4 is 0 Å². The summed E-state index contributed by atoms with van der Waals surface area (Å²) in [5, 5.41) is 10.7. The van der Waals surface area contributed by atoms with E-state index in [1.807, 2.05) is 6.07 Å². The SMILES string of the molecule is OC(c1cncnc1)c1cc(Cl)cc(Br)c1. The van der Waals surface area contributed by atoms with Crippen LogP contribution in [0.5, 0.6) is 0 Å². The highest BCUT2D eigenvalue weighted by atomic mass is 79.9. The first-order valence-corrected chi connectivity index (χ1v) is 5.73. The van der Waals surface area contributed by atoms with Crippen LogP contribution in [0.4, 0.5) is 0 Å². The molecular weight excluding hydrogens is 291 g/mol. The molecule has 0 saturated heterocycles. The van der Waals surface area contributed by atoms with Crippen molar-refractivity contribution in [2.75, 3.05) is 0 Å². The molecule has 0 spiro atoms. The Labute approximate surface area is 106 Å². The van der Waals surface area contributed by atoms with Crippen LogP contribution in [0.15, 0.2) is 41.4 Å². The lowest BCUT2D eigenvalue weighted by Crippen LogP contribution is -2.00. The van der Waals surface area contributed by atoms with E-state index in [0.29, 0.717) is 16.1 Å². The third-order valence-corrected chi connectivity index (χ3v) is 2.77. The van der Waals surface area contributed by atoms with Gasteiger partial charge in [-0.05, 0) is 23.8 Å². The summed E-state index contributed by atoms with van der Waals surface area (Å²) in [5.41, 5.74) is 1.34. The second-order valence-electron chi connectivity index (χ2n) is 3.28. The van der Waals surface area contributed by atoms with Crippen LogP contribution in [0.25, 0.3) is 0 Å². The molecule has 0 aliphatic rings. The number of benzene rings is 1. The Hall–Kier alpha value is -0.970. The van der Waals surface area contributed by atoms with Crippen molar-refractivity contribution in [2.45, 2.75) is 6.10 Å². The number of hydrogen-bond donors (Lipinski definition) is 1. The zero-order valence-electron chi connectivity index (χ0n) is 8.14. The van der Waals surface area contributed by atoms with E-state index in [0.717, 1.165) is 4.47 Å². The lowest BCUT2D eigenvalue weighted by atomic mass is 10.0. The first-order chi connectivity index (χ1) is 7.66. The molecule has 0 aliphatic heterocycles. The third kappa shape index (κ3) is 2.58. The second-order valence-corrected chi connectivity index (χ2v) is 4.63. The van der Waals surface area contributed by atoms with Crippen molar-refractivity contribution in [2.24, 2.45) is 0 Å². The molecule has 0 amide bonds. The van der Waals surface area contributed by atoms with Crippen molar-refractivity contribution >= 4 is 27.5 Å². The fourth-order valence-electron chi connectivity index (χ4n) is 1.38. The van der Waals surface area contributed by atoms with E-state index in [1.165, 1.54) is 6.33 Å². The zero-order chi connectivity index (χ0) is 11.5. The minimum atomic E-state index is -0.767. The largest absolute Gasteiger partial charge is 0.384 e. The minimum absolute atomic E-state index is 0.570. The fraction of sp³-hybridized carbons (Fsp3) is 0.0909. The summed E-state index contributed by atoms with van der Waals surface area (Å²) in [5.74, 6) is 0. The smallest absolute Gasteiger partial charge is 0.115 e. The summed E-state index contributed by atoms with van der Waals surface area (Å²) in [7, 11) is 0. The molecule has 5 heteroatoms. The number of hydrogen-bond acceptors (Lipinski definition) is 3. The van der Waals surface area contributed by atoms with Crippen LogP contribution in [0.1, 0.15) is 17.2 Å². The zero-order valence-corrected chi connectivity index (χ0v) is 10.5. The van der Waals surface area contributed by atoms with Crippen molar-refractivity contribution in [3.8, 4) is 0 Å². The molecular formula is C11H8BrClN2O. The average Bonchev–Trinajstić information content (AvgIpc) is 2.28. The van der Waals surface area contributed by atoms with E-state index in [9.17, 15) is 5.11 Å². The molecule has 3 nitrogen and oxygen atoms in total. The maximum absolute atomic E-state index is 10.1. The number of aliphatic hydroxyl groups is 1. The topological polar surface area (TPSA) is 46.0 Å². The summed E-state index contributed by atoms with van der Waals surface area (Å²) in [6.07, 6.45) is 3.81. The van der Waals surface area contributed by atoms with Gasteiger partial charge in [0.2, 0.25) is 0 Å². The molecule has 2 rings (SSSR count). The highest BCUT2D eigenvalue weighted by Gasteiger charge is 2.12. The maximum atomic E-state index is 10.1. The number of halogens is 2. The van der Waals surface area contributed by atoms with Gasteiger partial charge in [0, 0.05) is 27.5 Å². The van der Waals surface area contributed by atoms with Crippen molar-refractivity contribution in [3.63, 3.8) is 0 Å². The van der Waals surface area contributed by atoms with Gasteiger partial charge in [0.05, 0.1) is 0 Å². The van der Waals surface area contributed by atoms with E-state index in [1.54, 1.807) is 24.5 Å². The number of nitrogens with zero attached hydrogens (tertiary/aromatic N) is 2. The van der Waals surface area contributed by atoms with Crippen molar-refractivity contribution in [1.29, 1.82) is 0 Å². The predicted molar refractivity (Wildman–Crippen MR) is 65.2 cm³/mol. The normalized spacial score (nSPS) is 12.4. The fourth-order valence-corrected chi connectivity index (χ4v) is 2.26. The van der Waals surface area contributed by atoms with Crippen molar-refractivity contribution in [1.82, 2.24) is 9.97 Å². The van der Waals surface area contributed by atoms with Crippen LogP contribution in [0, 0.1) is 0 Å². The van der Waals surface area contributed by atoms with Crippen molar-refractivity contribution < 1.29 is 5.11 Å². The number of rotatable bonds is 2. The van der Waals surface area contributed by atoms with E-state index >= 15 is 0 Å². The standard InChI is InChI=1S/C11H8BrClN2O/c12-9-1-7(2-10(13)3-9)11(16)8-4-14-6-15-5-8/h1-6,11,16H. The molecule has 16 heavy (non-hydrogen) atoms. The number of aliphatic hydroxyl groups excluding tert-OH is 1. The van der Waals surface area contributed by atoms with Crippen LogP contribution in [-0.4, -0.2) is 15.1 Å². The van der Waals surface area contributed by atoms with Gasteiger partial charge in [-0.1, -0.05) is 27.5 Å². The molecule has 0 aliphatic carbocycles. The Balaban J connectivity index is 2.37. The van der Waals surface area contributed by atoms with Crippen LogP contribution >= 0.6 is 27.5 Å². The molecule has 1 aromatic carbocycles. The van der Waals surface area contributed by atoms with E-state index < -0.39 is 6.10 Å². The molecule has 1 atom stereocenters. The van der Waals surface area contributed by atoms with Crippen LogP contribution in [-0.2, 0) is 0 Å². The van der Waals surface area contributed by atoms with Crippen LogP contribution in [0.2, 0.25) is 5.02 Å². The molecule has 0 bridgehead atoms. The van der Waals surface area contributed by atoms with E-state index in [4.69, 9.17) is 11.6 Å². The summed E-state index contributed by atoms with van der Waals surface area (Å²) < 4.78 is 0.825. The highest BCUT2D eigenvalue weighted by molar-refractivity contribution is 9.10. The molecule has 0 fully saturated rings. The Morgan fingerprint density at radius 1 is 1.12 bits per heavy atom. The van der Waals surface area contributed by atoms with Gasteiger partial charge in [0.15, 0.2) is 0 Å². The summed E-state index contributed by atoms with van der Waals surface area (Å²) in [6, 6.07) is 5.28. The first kappa shape index (κ1) is 11.5. The van der Waals surface area contributed by atoms with Gasteiger partial charge in [-0.3, -0.25) is 0 Å². The molecule has 2 aromatic rings. The van der Waals surface area contributed by atoms with Gasteiger partial charge in [0.25, 0.3) is 0 Å².